The molecule has 0 radical (unpaired) electrons. The average molecular weight is 258 g/mol. The van der Waals surface area contributed by atoms with Crippen molar-refractivity contribution in [2.24, 2.45) is 0 Å². The SMILES string of the molecule is FC(F)(F)c1cc(OCc2ccccc2)cs1. The Morgan fingerprint density at radius 1 is 1.12 bits per heavy atom. The van der Waals surface area contributed by atoms with E-state index in [9.17, 15) is 13.2 Å². The minimum atomic E-state index is -4.29. The summed E-state index contributed by atoms with van der Waals surface area (Å²) in [5, 5.41) is 1.37. The van der Waals surface area contributed by atoms with E-state index in [0.29, 0.717) is 11.3 Å². The first-order chi connectivity index (χ1) is 8.05. The van der Waals surface area contributed by atoms with Gasteiger partial charge in [-0.3, -0.25) is 0 Å². The Hall–Kier alpha value is -1.49. The average Bonchev–Trinajstić information content (AvgIpc) is 2.76. The number of benzene rings is 1. The summed E-state index contributed by atoms with van der Waals surface area (Å²) in [6.45, 7) is 0.273. The van der Waals surface area contributed by atoms with Crippen LogP contribution in [0.2, 0.25) is 0 Å². The second kappa shape index (κ2) is 4.79. The normalized spacial score (nSPS) is 11.5. The Morgan fingerprint density at radius 2 is 1.82 bits per heavy atom. The van der Waals surface area contributed by atoms with Crippen LogP contribution in [0, 0.1) is 0 Å². The van der Waals surface area contributed by atoms with Gasteiger partial charge < -0.3 is 4.74 Å². The van der Waals surface area contributed by atoms with Crippen molar-refractivity contribution in [3.63, 3.8) is 0 Å². The molecule has 17 heavy (non-hydrogen) atoms. The lowest BCUT2D eigenvalue weighted by molar-refractivity contribution is -0.134. The maximum Gasteiger partial charge on any atom is 0.425 e. The third kappa shape index (κ3) is 3.23. The van der Waals surface area contributed by atoms with Crippen LogP contribution in [0.15, 0.2) is 41.8 Å². The summed E-state index contributed by atoms with van der Waals surface area (Å²) in [6, 6.07) is 10.3. The van der Waals surface area contributed by atoms with Gasteiger partial charge in [-0.1, -0.05) is 30.3 Å². The van der Waals surface area contributed by atoms with Gasteiger partial charge in [0.15, 0.2) is 0 Å². The Morgan fingerprint density at radius 3 is 2.41 bits per heavy atom. The highest BCUT2D eigenvalue weighted by Gasteiger charge is 2.32. The van der Waals surface area contributed by atoms with Gasteiger partial charge in [-0.25, -0.2) is 0 Å². The van der Waals surface area contributed by atoms with Crippen molar-refractivity contribution in [3.05, 3.63) is 52.2 Å². The summed E-state index contributed by atoms with van der Waals surface area (Å²) in [5.74, 6) is 0.256. The highest BCUT2D eigenvalue weighted by molar-refractivity contribution is 7.10. The lowest BCUT2D eigenvalue weighted by Crippen LogP contribution is -2.01. The van der Waals surface area contributed by atoms with Crippen molar-refractivity contribution in [1.82, 2.24) is 0 Å². The first-order valence-corrected chi connectivity index (χ1v) is 5.76. The fraction of sp³-hybridized carbons (Fsp3) is 0.167. The van der Waals surface area contributed by atoms with Crippen molar-refractivity contribution in [2.75, 3.05) is 0 Å². The summed E-state index contributed by atoms with van der Waals surface area (Å²) >= 11 is 0.642. The Balaban J connectivity index is 1.99. The molecule has 0 atom stereocenters. The molecule has 0 unspecified atom stereocenters. The third-order valence-corrected chi connectivity index (χ3v) is 3.06. The van der Waals surface area contributed by atoms with Crippen LogP contribution < -0.4 is 4.74 Å². The molecule has 1 nitrogen and oxygen atoms in total. The molecule has 1 aromatic heterocycles. The molecule has 0 N–H and O–H groups in total. The van der Waals surface area contributed by atoms with Crippen LogP contribution in [0.5, 0.6) is 5.75 Å². The Bertz CT molecular complexity index is 476. The second-order valence-electron chi connectivity index (χ2n) is 3.42. The quantitative estimate of drug-likeness (QED) is 0.795. The van der Waals surface area contributed by atoms with Crippen molar-refractivity contribution in [2.45, 2.75) is 12.8 Å². The number of rotatable bonds is 3. The van der Waals surface area contributed by atoms with E-state index in [1.807, 2.05) is 30.3 Å². The van der Waals surface area contributed by atoms with Crippen LogP contribution in [0.25, 0.3) is 0 Å². The van der Waals surface area contributed by atoms with Crippen molar-refractivity contribution < 1.29 is 17.9 Å². The highest BCUT2D eigenvalue weighted by Crippen LogP contribution is 2.36. The van der Waals surface area contributed by atoms with E-state index in [1.54, 1.807) is 0 Å². The van der Waals surface area contributed by atoms with Gasteiger partial charge in [0.25, 0.3) is 0 Å². The number of halogens is 3. The number of thiophene rings is 1. The molecule has 5 heteroatoms. The fourth-order valence-corrected chi connectivity index (χ4v) is 1.98. The zero-order chi connectivity index (χ0) is 12.3. The third-order valence-electron chi connectivity index (χ3n) is 2.10. The van der Waals surface area contributed by atoms with E-state index >= 15 is 0 Å². The predicted molar refractivity (Wildman–Crippen MR) is 60.1 cm³/mol. The van der Waals surface area contributed by atoms with Crippen molar-refractivity contribution in [3.8, 4) is 5.75 Å². The Kier molecular flexibility index (Phi) is 3.38. The predicted octanol–water partition coefficient (Wildman–Crippen LogP) is 4.35. The van der Waals surface area contributed by atoms with Gasteiger partial charge in [0.2, 0.25) is 0 Å². The van der Waals surface area contributed by atoms with E-state index in [1.165, 1.54) is 5.38 Å². The topological polar surface area (TPSA) is 9.23 Å². The van der Waals surface area contributed by atoms with Gasteiger partial charge in [-0.15, -0.1) is 11.3 Å². The minimum absolute atomic E-state index is 0.256. The van der Waals surface area contributed by atoms with Gasteiger partial charge >= 0.3 is 6.18 Å². The minimum Gasteiger partial charge on any atom is -0.488 e. The van der Waals surface area contributed by atoms with Gasteiger partial charge in [-0.2, -0.15) is 13.2 Å². The van der Waals surface area contributed by atoms with E-state index < -0.39 is 11.1 Å². The van der Waals surface area contributed by atoms with Crippen molar-refractivity contribution in [1.29, 1.82) is 0 Å². The molecule has 90 valence electrons. The van der Waals surface area contributed by atoms with Gasteiger partial charge in [0.05, 0.1) is 0 Å². The largest absolute Gasteiger partial charge is 0.488 e. The van der Waals surface area contributed by atoms with Crippen molar-refractivity contribution >= 4 is 11.3 Å². The van der Waals surface area contributed by atoms with Crippen LogP contribution in [-0.4, -0.2) is 0 Å². The molecule has 2 rings (SSSR count). The van der Waals surface area contributed by atoms with E-state index in [4.69, 9.17) is 4.74 Å². The summed E-state index contributed by atoms with van der Waals surface area (Å²) < 4.78 is 42.2. The maximum absolute atomic E-state index is 12.3. The summed E-state index contributed by atoms with van der Waals surface area (Å²) in [6.07, 6.45) is -4.29. The lowest BCUT2D eigenvalue weighted by Gasteiger charge is -2.03. The molecule has 0 aliphatic carbocycles. The van der Waals surface area contributed by atoms with Crippen LogP contribution >= 0.6 is 11.3 Å². The second-order valence-corrected chi connectivity index (χ2v) is 4.33. The van der Waals surface area contributed by atoms with Gasteiger partial charge in [-0.05, 0) is 5.56 Å². The van der Waals surface area contributed by atoms with Crippen LogP contribution in [0.3, 0.4) is 0 Å². The molecule has 0 amide bonds. The number of hydrogen-bond donors (Lipinski definition) is 0. The standard InChI is InChI=1S/C12H9F3OS/c13-12(14,15)11-6-10(8-17-11)16-7-9-4-2-1-3-5-9/h1-6,8H,7H2. The first kappa shape index (κ1) is 12.0. The highest BCUT2D eigenvalue weighted by atomic mass is 32.1. The molecule has 0 bridgehead atoms. The molecule has 2 aromatic rings. The smallest absolute Gasteiger partial charge is 0.425 e. The zero-order valence-corrected chi connectivity index (χ0v) is 9.52. The van der Waals surface area contributed by atoms with Crippen LogP contribution in [-0.2, 0) is 12.8 Å². The van der Waals surface area contributed by atoms with E-state index in [0.717, 1.165) is 11.6 Å². The summed E-state index contributed by atoms with van der Waals surface area (Å²) in [7, 11) is 0. The zero-order valence-electron chi connectivity index (χ0n) is 8.70. The van der Waals surface area contributed by atoms with Gasteiger partial charge in [0.1, 0.15) is 17.2 Å². The Labute approximate surface area is 100 Å². The molecular weight excluding hydrogens is 249 g/mol. The molecule has 1 aromatic carbocycles. The van der Waals surface area contributed by atoms with E-state index in [2.05, 4.69) is 0 Å². The molecule has 0 saturated heterocycles. The molecule has 1 heterocycles. The molecule has 0 aliphatic rings. The monoisotopic (exact) mass is 258 g/mol. The number of alkyl halides is 3. The fourth-order valence-electron chi connectivity index (χ4n) is 1.28. The summed E-state index contributed by atoms with van der Waals surface area (Å²) in [4.78, 5) is -0.638. The number of ether oxygens (including phenoxy) is 1. The summed E-state index contributed by atoms with van der Waals surface area (Å²) in [5.41, 5.74) is 0.923. The number of hydrogen-bond acceptors (Lipinski definition) is 2. The molecule has 0 saturated carbocycles. The van der Waals surface area contributed by atoms with Crippen LogP contribution in [0.4, 0.5) is 13.2 Å². The molecule has 0 fully saturated rings. The molecular formula is C12H9F3OS. The maximum atomic E-state index is 12.3. The lowest BCUT2D eigenvalue weighted by atomic mass is 10.2. The van der Waals surface area contributed by atoms with E-state index in [-0.39, 0.29) is 12.4 Å². The van der Waals surface area contributed by atoms with Gasteiger partial charge in [0, 0.05) is 11.4 Å². The first-order valence-electron chi connectivity index (χ1n) is 4.88. The molecule has 0 aliphatic heterocycles. The van der Waals surface area contributed by atoms with Crippen LogP contribution in [0.1, 0.15) is 10.4 Å². The molecule has 0 spiro atoms.